The molecule has 0 saturated carbocycles. The zero-order valence-corrected chi connectivity index (χ0v) is 9.63. The van der Waals surface area contributed by atoms with Gasteiger partial charge in [-0.3, -0.25) is 4.90 Å². The van der Waals surface area contributed by atoms with Crippen LogP contribution < -0.4 is 5.73 Å². The number of sulfonamides is 1. The van der Waals surface area contributed by atoms with Crippen molar-refractivity contribution in [2.45, 2.75) is 19.9 Å². The highest BCUT2D eigenvalue weighted by Crippen LogP contribution is 2.09. The monoisotopic (exact) mass is 221 g/mol. The molecular weight excluding hydrogens is 202 g/mol. The van der Waals surface area contributed by atoms with Gasteiger partial charge in [0.25, 0.3) is 0 Å². The first kappa shape index (κ1) is 11.9. The van der Waals surface area contributed by atoms with Gasteiger partial charge in [-0.25, -0.2) is 8.42 Å². The third kappa shape index (κ3) is 2.66. The maximum atomic E-state index is 11.4. The highest BCUT2D eigenvalue weighted by atomic mass is 32.2. The largest absolute Gasteiger partial charge is 0.317 e. The van der Waals surface area contributed by atoms with Crippen LogP contribution in [0.3, 0.4) is 0 Å². The SMILES string of the molecule is CC(C)N1CCN(S(=O)(=O)CN)CC1. The van der Waals surface area contributed by atoms with E-state index in [0.717, 1.165) is 13.1 Å². The number of hydrogen-bond acceptors (Lipinski definition) is 4. The van der Waals surface area contributed by atoms with Crippen molar-refractivity contribution in [2.75, 3.05) is 32.1 Å². The van der Waals surface area contributed by atoms with Crippen molar-refractivity contribution in [3.8, 4) is 0 Å². The molecule has 1 fully saturated rings. The van der Waals surface area contributed by atoms with Crippen molar-refractivity contribution in [3.05, 3.63) is 0 Å². The molecule has 0 aromatic rings. The fourth-order valence-electron chi connectivity index (χ4n) is 1.60. The summed E-state index contributed by atoms with van der Waals surface area (Å²) in [6.07, 6.45) is 0. The summed E-state index contributed by atoms with van der Waals surface area (Å²) in [5.74, 6) is -0.283. The van der Waals surface area contributed by atoms with E-state index in [1.807, 2.05) is 0 Å². The summed E-state index contributed by atoms with van der Waals surface area (Å²) in [6.45, 7) is 6.98. The van der Waals surface area contributed by atoms with Crippen LogP contribution in [0.15, 0.2) is 0 Å². The van der Waals surface area contributed by atoms with E-state index in [2.05, 4.69) is 18.7 Å². The van der Waals surface area contributed by atoms with Crippen molar-refractivity contribution in [1.82, 2.24) is 9.21 Å². The summed E-state index contributed by atoms with van der Waals surface area (Å²) in [5.41, 5.74) is 5.19. The molecule has 0 atom stereocenters. The number of hydrogen-bond donors (Lipinski definition) is 1. The molecule has 1 rings (SSSR count). The predicted molar refractivity (Wildman–Crippen MR) is 56.3 cm³/mol. The van der Waals surface area contributed by atoms with Crippen LogP contribution in [0, 0.1) is 0 Å². The zero-order chi connectivity index (χ0) is 10.8. The van der Waals surface area contributed by atoms with Gasteiger partial charge in [0.2, 0.25) is 10.0 Å². The Labute approximate surface area is 85.9 Å². The first-order valence-corrected chi connectivity index (χ1v) is 6.50. The Morgan fingerprint density at radius 1 is 1.21 bits per heavy atom. The quantitative estimate of drug-likeness (QED) is 0.681. The van der Waals surface area contributed by atoms with Gasteiger partial charge < -0.3 is 5.73 Å². The van der Waals surface area contributed by atoms with E-state index in [0.29, 0.717) is 19.1 Å². The molecule has 0 spiro atoms. The standard InChI is InChI=1S/C8H19N3O2S/c1-8(2)10-3-5-11(6-4-10)14(12,13)7-9/h8H,3-7,9H2,1-2H3. The average Bonchev–Trinajstić information content (AvgIpc) is 2.18. The minimum absolute atomic E-state index is 0.283. The predicted octanol–water partition coefficient (Wildman–Crippen LogP) is -0.742. The first-order chi connectivity index (χ1) is 6.47. The molecule has 6 heteroatoms. The van der Waals surface area contributed by atoms with Crippen molar-refractivity contribution < 1.29 is 8.42 Å². The average molecular weight is 221 g/mol. The second-order valence-electron chi connectivity index (χ2n) is 3.81. The Kier molecular flexibility index (Phi) is 3.88. The van der Waals surface area contributed by atoms with E-state index >= 15 is 0 Å². The third-order valence-corrected chi connectivity index (χ3v) is 4.18. The molecule has 0 amide bonds. The maximum absolute atomic E-state index is 11.4. The maximum Gasteiger partial charge on any atom is 0.227 e. The zero-order valence-electron chi connectivity index (χ0n) is 8.81. The molecule has 1 aliphatic heterocycles. The number of nitrogens with two attached hydrogens (primary N) is 1. The van der Waals surface area contributed by atoms with Gasteiger partial charge in [-0.2, -0.15) is 4.31 Å². The Hall–Kier alpha value is -0.170. The van der Waals surface area contributed by atoms with Crippen LogP contribution in [0.2, 0.25) is 0 Å². The minimum Gasteiger partial charge on any atom is -0.317 e. The smallest absolute Gasteiger partial charge is 0.227 e. The van der Waals surface area contributed by atoms with Gasteiger partial charge in [0.1, 0.15) is 5.88 Å². The molecule has 0 radical (unpaired) electrons. The van der Waals surface area contributed by atoms with E-state index in [1.54, 1.807) is 0 Å². The molecule has 84 valence electrons. The van der Waals surface area contributed by atoms with Crippen molar-refractivity contribution in [3.63, 3.8) is 0 Å². The lowest BCUT2D eigenvalue weighted by molar-refractivity contribution is 0.154. The number of nitrogens with zero attached hydrogens (tertiary/aromatic N) is 2. The van der Waals surface area contributed by atoms with E-state index in [4.69, 9.17) is 5.73 Å². The number of piperazine rings is 1. The second kappa shape index (κ2) is 4.57. The molecule has 1 saturated heterocycles. The molecule has 5 nitrogen and oxygen atoms in total. The molecular formula is C8H19N3O2S. The van der Waals surface area contributed by atoms with Crippen LogP contribution in [0.5, 0.6) is 0 Å². The van der Waals surface area contributed by atoms with Crippen LogP contribution in [0.25, 0.3) is 0 Å². The van der Waals surface area contributed by atoms with E-state index in [-0.39, 0.29) is 5.88 Å². The van der Waals surface area contributed by atoms with Gasteiger partial charge in [0, 0.05) is 32.2 Å². The number of rotatable bonds is 3. The van der Waals surface area contributed by atoms with Gasteiger partial charge >= 0.3 is 0 Å². The van der Waals surface area contributed by atoms with Gasteiger partial charge in [-0.05, 0) is 13.8 Å². The molecule has 0 aliphatic carbocycles. The van der Waals surface area contributed by atoms with Crippen molar-refractivity contribution in [2.24, 2.45) is 5.73 Å². The fourth-order valence-corrected chi connectivity index (χ4v) is 2.53. The van der Waals surface area contributed by atoms with Crippen LogP contribution >= 0.6 is 0 Å². The topological polar surface area (TPSA) is 66.6 Å². The summed E-state index contributed by atoms with van der Waals surface area (Å²) in [5, 5.41) is 0. The normalized spacial score (nSPS) is 21.7. The lowest BCUT2D eigenvalue weighted by Crippen LogP contribution is -2.51. The van der Waals surface area contributed by atoms with E-state index in [9.17, 15) is 8.42 Å². The Morgan fingerprint density at radius 2 is 1.71 bits per heavy atom. The summed E-state index contributed by atoms with van der Waals surface area (Å²) in [7, 11) is -3.19. The highest BCUT2D eigenvalue weighted by Gasteiger charge is 2.26. The Morgan fingerprint density at radius 3 is 2.07 bits per heavy atom. The van der Waals surface area contributed by atoms with E-state index in [1.165, 1.54) is 4.31 Å². The van der Waals surface area contributed by atoms with Crippen LogP contribution in [0.4, 0.5) is 0 Å². The summed E-state index contributed by atoms with van der Waals surface area (Å²) in [4.78, 5) is 2.27. The minimum atomic E-state index is -3.19. The van der Waals surface area contributed by atoms with Gasteiger partial charge in [-0.15, -0.1) is 0 Å². The fraction of sp³-hybridized carbons (Fsp3) is 1.00. The summed E-state index contributed by atoms with van der Waals surface area (Å²) < 4.78 is 24.3. The lowest BCUT2D eigenvalue weighted by atomic mass is 10.3. The molecule has 14 heavy (non-hydrogen) atoms. The first-order valence-electron chi connectivity index (χ1n) is 4.89. The molecule has 2 N–H and O–H groups in total. The molecule has 0 aromatic heterocycles. The third-order valence-electron chi connectivity index (χ3n) is 2.61. The van der Waals surface area contributed by atoms with Crippen LogP contribution in [0.1, 0.15) is 13.8 Å². The summed E-state index contributed by atoms with van der Waals surface area (Å²) >= 11 is 0. The second-order valence-corrected chi connectivity index (χ2v) is 5.82. The van der Waals surface area contributed by atoms with Crippen LogP contribution in [-0.2, 0) is 10.0 Å². The lowest BCUT2D eigenvalue weighted by Gasteiger charge is -2.35. The molecule has 1 aliphatic rings. The Balaban J connectivity index is 2.52. The van der Waals surface area contributed by atoms with Crippen molar-refractivity contribution >= 4 is 10.0 Å². The van der Waals surface area contributed by atoms with Gasteiger partial charge in [0.05, 0.1) is 0 Å². The summed E-state index contributed by atoms with van der Waals surface area (Å²) in [6, 6.07) is 0.484. The van der Waals surface area contributed by atoms with Crippen LogP contribution in [-0.4, -0.2) is 55.7 Å². The van der Waals surface area contributed by atoms with Gasteiger partial charge in [0.15, 0.2) is 0 Å². The Bertz CT molecular complexity index is 268. The molecule has 0 unspecified atom stereocenters. The highest BCUT2D eigenvalue weighted by molar-refractivity contribution is 7.89. The molecule has 1 heterocycles. The molecule has 0 aromatic carbocycles. The van der Waals surface area contributed by atoms with E-state index < -0.39 is 10.0 Å². The van der Waals surface area contributed by atoms with Crippen molar-refractivity contribution in [1.29, 1.82) is 0 Å². The van der Waals surface area contributed by atoms with Gasteiger partial charge in [-0.1, -0.05) is 0 Å². The molecule has 0 bridgehead atoms.